The third kappa shape index (κ3) is 3.89. The minimum Gasteiger partial charge on any atom is -0.348 e. The Balaban J connectivity index is 1.57. The molecule has 7 nitrogen and oxygen atoms in total. The maximum Gasteiger partial charge on any atom is 0.274 e. The van der Waals surface area contributed by atoms with Crippen LogP contribution in [0.4, 0.5) is 4.39 Å². The number of aromatic nitrogens is 2. The van der Waals surface area contributed by atoms with Crippen LogP contribution in [0.1, 0.15) is 26.3 Å². The number of carbonyl (C=O) groups is 2. The Morgan fingerprint density at radius 3 is 2.43 bits per heavy atom. The average Bonchev–Trinajstić information content (AvgIpc) is 3.26. The lowest BCUT2D eigenvalue weighted by atomic mass is 10.1. The second-order valence-corrected chi connectivity index (χ2v) is 6.63. The Morgan fingerprint density at radius 1 is 1.00 bits per heavy atom. The van der Waals surface area contributed by atoms with Crippen LogP contribution in [0, 0.1) is 5.82 Å². The number of benzene rings is 2. The molecule has 0 saturated carbocycles. The fourth-order valence-electron chi connectivity index (χ4n) is 3.12. The van der Waals surface area contributed by atoms with Gasteiger partial charge < -0.3 is 9.72 Å². The average molecular weight is 404 g/mol. The molecule has 0 unspecified atom stereocenters. The Kier molecular flexibility index (Phi) is 5.23. The van der Waals surface area contributed by atoms with Crippen LogP contribution in [-0.2, 0) is 6.54 Å². The number of nitrogens with one attached hydrogen (secondary N) is 2. The van der Waals surface area contributed by atoms with Crippen molar-refractivity contribution in [2.75, 3.05) is 0 Å². The maximum absolute atomic E-state index is 13.3. The molecule has 0 spiro atoms. The smallest absolute Gasteiger partial charge is 0.274 e. The summed E-state index contributed by atoms with van der Waals surface area (Å²) in [7, 11) is 0. The Morgan fingerprint density at radius 2 is 1.73 bits per heavy atom. The molecule has 2 aromatic carbocycles. The molecule has 0 saturated heterocycles. The highest BCUT2D eigenvalue weighted by Gasteiger charge is 2.14. The molecule has 3 N–H and O–H groups in total. The number of nitrogens with zero attached hydrogens (tertiary/aromatic N) is 2. The van der Waals surface area contributed by atoms with Gasteiger partial charge in [0.15, 0.2) is 0 Å². The molecule has 8 heteroatoms. The van der Waals surface area contributed by atoms with Gasteiger partial charge in [-0.3, -0.25) is 14.8 Å². The van der Waals surface area contributed by atoms with Crippen molar-refractivity contribution in [1.29, 1.82) is 0 Å². The molecule has 4 aromatic rings. The zero-order valence-corrected chi connectivity index (χ0v) is 15.7. The minimum atomic E-state index is -0.607. The van der Waals surface area contributed by atoms with E-state index >= 15 is 0 Å². The van der Waals surface area contributed by atoms with Crippen LogP contribution in [0.2, 0.25) is 0 Å². The van der Waals surface area contributed by atoms with Gasteiger partial charge in [0.05, 0.1) is 5.56 Å². The Labute approximate surface area is 170 Å². The van der Waals surface area contributed by atoms with Crippen LogP contribution in [-0.4, -0.2) is 26.4 Å². The summed E-state index contributed by atoms with van der Waals surface area (Å²) in [5, 5.41) is 11.5. The third-order valence-electron chi connectivity index (χ3n) is 4.68. The quantitative estimate of drug-likeness (QED) is 0.352. The lowest BCUT2D eigenvalue weighted by Crippen LogP contribution is -2.24. The highest BCUT2D eigenvalue weighted by atomic mass is 19.1. The molecule has 0 radical (unpaired) electrons. The first-order chi connectivity index (χ1) is 14.5. The molecule has 30 heavy (non-hydrogen) atoms. The highest BCUT2D eigenvalue weighted by Crippen LogP contribution is 2.23. The van der Waals surface area contributed by atoms with E-state index in [4.69, 9.17) is 5.21 Å². The van der Waals surface area contributed by atoms with Crippen molar-refractivity contribution in [2.45, 2.75) is 6.54 Å². The summed E-state index contributed by atoms with van der Waals surface area (Å²) >= 11 is 0. The van der Waals surface area contributed by atoms with E-state index in [1.165, 1.54) is 12.1 Å². The van der Waals surface area contributed by atoms with E-state index in [0.717, 1.165) is 16.7 Å². The number of halogens is 1. The second-order valence-electron chi connectivity index (χ2n) is 6.63. The van der Waals surface area contributed by atoms with Gasteiger partial charge in [-0.05, 0) is 47.0 Å². The molecule has 2 aromatic heterocycles. The fraction of sp³-hybridized carbons (Fsp3) is 0.0455. The van der Waals surface area contributed by atoms with Gasteiger partial charge in [0.25, 0.3) is 11.8 Å². The lowest BCUT2D eigenvalue weighted by Gasteiger charge is -2.10. The van der Waals surface area contributed by atoms with Gasteiger partial charge >= 0.3 is 0 Å². The minimum absolute atomic E-state index is 0.244. The lowest BCUT2D eigenvalue weighted by molar-refractivity contribution is 0.0706. The van der Waals surface area contributed by atoms with Crippen molar-refractivity contribution in [1.82, 2.24) is 20.2 Å². The van der Waals surface area contributed by atoms with Gasteiger partial charge in [-0.1, -0.05) is 24.3 Å². The van der Waals surface area contributed by atoms with Gasteiger partial charge in [0.2, 0.25) is 0 Å². The van der Waals surface area contributed by atoms with Crippen molar-refractivity contribution < 1.29 is 19.2 Å². The zero-order valence-electron chi connectivity index (χ0n) is 15.7. The van der Waals surface area contributed by atoms with Crippen molar-refractivity contribution >= 4 is 17.5 Å². The molecule has 0 bridgehead atoms. The van der Waals surface area contributed by atoms with Crippen LogP contribution in [0.5, 0.6) is 0 Å². The first-order valence-corrected chi connectivity index (χ1v) is 9.09. The van der Waals surface area contributed by atoms with E-state index in [0.29, 0.717) is 16.8 Å². The summed E-state index contributed by atoms with van der Waals surface area (Å²) in [4.78, 5) is 28.5. The van der Waals surface area contributed by atoms with Gasteiger partial charge in [-0.15, -0.1) is 0 Å². The zero-order chi connectivity index (χ0) is 21.1. The number of amides is 2. The van der Waals surface area contributed by atoms with Crippen LogP contribution in [0.25, 0.3) is 16.8 Å². The second kappa shape index (κ2) is 8.14. The van der Waals surface area contributed by atoms with E-state index in [9.17, 15) is 14.0 Å². The number of carbonyl (C=O) groups excluding carboxylic acids is 2. The number of hydrogen-bond acceptors (Lipinski definition) is 4. The number of hydroxylamine groups is 1. The first-order valence-electron chi connectivity index (χ1n) is 9.09. The van der Waals surface area contributed by atoms with Crippen LogP contribution >= 0.6 is 0 Å². The molecule has 0 aliphatic rings. The van der Waals surface area contributed by atoms with Crippen molar-refractivity contribution in [3.63, 3.8) is 0 Å². The number of rotatable bonds is 5. The standard InChI is InChI=1S/C22H17FN4O3/c23-18-7-5-15(6-8-18)17-11-19(20-24-9-10-27(20)13-17)22(29)25-12-14-1-3-16(4-2-14)21(28)26-30/h1-11,13,30H,12H2,(H,25,29)(H,26,28). The molecule has 0 aliphatic heterocycles. The van der Waals surface area contributed by atoms with Gasteiger partial charge in [-0.2, -0.15) is 0 Å². The van der Waals surface area contributed by atoms with Gasteiger partial charge in [0.1, 0.15) is 11.5 Å². The van der Waals surface area contributed by atoms with E-state index in [-0.39, 0.29) is 18.3 Å². The molecule has 4 rings (SSSR count). The van der Waals surface area contributed by atoms with E-state index in [2.05, 4.69) is 10.3 Å². The number of fused-ring (bicyclic) bond motifs is 1. The van der Waals surface area contributed by atoms with E-state index < -0.39 is 5.91 Å². The molecule has 2 amide bonds. The van der Waals surface area contributed by atoms with Crippen molar-refractivity contribution in [3.05, 3.63) is 95.7 Å². The summed E-state index contributed by atoms with van der Waals surface area (Å²) in [6, 6.07) is 14.2. The predicted octanol–water partition coefficient (Wildman–Crippen LogP) is 3.19. The predicted molar refractivity (Wildman–Crippen MR) is 107 cm³/mol. The van der Waals surface area contributed by atoms with Crippen LogP contribution in [0.3, 0.4) is 0 Å². The first kappa shape index (κ1) is 19.3. The number of pyridine rings is 1. The summed E-state index contributed by atoms with van der Waals surface area (Å²) in [6.45, 7) is 0.244. The van der Waals surface area contributed by atoms with E-state index in [1.54, 1.807) is 64.7 Å². The molecular formula is C22H17FN4O3. The molecule has 150 valence electrons. The molecule has 0 aliphatic carbocycles. The van der Waals surface area contributed by atoms with Gasteiger partial charge in [0, 0.05) is 30.7 Å². The van der Waals surface area contributed by atoms with Crippen LogP contribution in [0.15, 0.2) is 73.2 Å². The Hall–Kier alpha value is -4.04. The summed E-state index contributed by atoms with van der Waals surface area (Å²) in [6.07, 6.45) is 5.17. The fourth-order valence-corrected chi connectivity index (χ4v) is 3.12. The molecule has 0 atom stereocenters. The largest absolute Gasteiger partial charge is 0.348 e. The third-order valence-corrected chi connectivity index (χ3v) is 4.68. The normalized spacial score (nSPS) is 10.7. The molecule has 0 fully saturated rings. The molecule has 2 heterocycles. The summed E-state index contributed by atoms with van der Waals surface area (Å²) in [5.74, 6) is -1.25. The molecular weight excluding hydrogens is 387 g/mol. The number of imidazole rings is 1. The monoisotopic (exact) mass is 404 g/mol. The summed E-state index contributed by atoms with van der Waals surface area (Å²) < 4.78 is 15.0. The summed E-state index contributed by atoms with van der Waals surface area (Å²) in [5.41, 5.74) is 5.08. The van der Waals surface area contributed by atoms with E-state index in [1.807, 2.05) is 6.20 Å². The van der Waals surface area contributed by atoms with Crippen LogP contribution < -0.4 is 10.8 Å². The topological polar surface area (TPSA) is 95.7 Å². The van der Waals surface area contributed by atoms with Crippen molar-refractivity contribution in [3.8, 4) is 11.1 Å². The van der Waals surface area contributed by atoms with Gasteiger partial charge in [-0.25, -0.2) is 14.9 Å². The Bertz CT molecular complexity index is 1220. The SMILES string of the molecule is O=C(NO)c1ccc(CNC(=O)c2cc(-c3ccc(F)cc3)cn3ccnc23)cc1. The maximum atomic E-state index is 13.3. The highest BCUT2D eigenvalue weighted by molar-refractivity contribution is 6.01. The number of hydrogen-bond donors (Lipinski definition) is 3. The van der Waals surface area contributed by atoms with Crippen molar-refractivity contribution in [2.24, 2.45) is 0 Å².